The van der Waals surface area contributed by atoms with E-state index in [1.54, 1.807) is 89.7 Å². The van der Waals surface area contributed by atoms with Gasteiger partial charge in [-0.3, -0.25) is 38.4 Å². The molecular formula is C97H61Br2Cl4F7N16O20S4. The summed E-state index contributed by atoms with van der Waals surface area (Å²) < 4.78 is 213. The van der Waals surface area contributed by atoms with Crippen molar-refractivity contribution in [3.63, 3.8) is 0 Å². The van der Waals surface area contributed by atoms with Crippen molar-refractivity contribution < 1.29 is 83.6 Å². The molecule has 8 aromatic heterocycles. The van der Waals surface area contributed by atoms with Crippen molar-refractivity contribution in [2.75, 3.05) is 0 Å². The lowest BCUT2D eigenvalue weighted by molar-refractivity contribution is -0.137. The second-order valence-electron chi connectivity index (χ2n) is 32.6. The highest BCUT2D eigenvalue weighted by Gasteiger charge is 2.38. The third-order valence-corrected chi connectivity index (χ3v) is 31.3. The number of halogens is 13. The third kappa shape index (κ3) is 19.7. The van der Waals surface area contributed by atoms with E-state index in [9.17, 15) is 122 Å². The Kier molecular flexibility index (Phi) is 28.2. The molecule has 150 heavy (non-hydrogen) atoms. The first-order valence-electron chi connectivity index (χ1n) is 42.7. The summed E-state index contributed by atoms with van der Waals surface area (Å²) in [5.74, 6) is -9.06. The number of para-hydroxylation sites is 4. The molecule has 8 N–H and O–H groups in total. The number of carbonyl (C=O) groups excluding carboxylic acids is 4. The molecule has 0 aliphatic rings. The number of nitrogens with one attached hydrogen (secondary N) is 8. The molecule has 0 aliphatic heterocycles. The third-order valence-electron chi connectivity index (χ3n) is 23.4. The van der Waals surface area contributed by atoms with Crippen LogP contribution >= 0.6 is 78.3 Å². The number of aryl methyl sites for hydroxylation is 4. The van der Waals surface area contributed by atoms with Crippen LogP contribution in [0.15, 0.2) is 316 Å². The number of fused-ring (bicyclic) bond motifs is 8. The maximum absolute atomic E-state index is 14.2. The number of hydrogen-bond donors (Lipinski definition) is 8. The lowest BCUT2D eigenvalue weighted by Gasteiger charge is -2.13. The van der Waals surface area contributed by atoms with Gasteiger partial charge in [0.25, 0.3) is 86.0 Å². The number of hydrogen-bond acceptors (Lipinski definition) is 20. The Morgan fingerprint density at radius 1 is 0.300 bits per heavy atom. The summed E-state index contributed by atoms with van der Waals surface area (Å²) in [7, 11) is -12.9. The fourth-order valence-electron chi connectivity index (χ4n) is 16.8. The molecule has 0 saturated carbocycles. The standard InChI is InChI=1S/C25H15BrClF3N4O5S.C24H15BrClFN4O5S.C24H15ClF2N4O5S.C24H16ClFN4O5S/c1-33-18-8-7-13(27)11-15(18)20(34-23(36)14-4-2-3-5-17(14)31-24(34)37)21(33)22(35)32-40(38,39)19-9-6-12(10-16(19)26)25(28,29)30;1-30-19-9-6-12(26)10-15(19)20(31-23(33)14-4-2-3-5-18(14)28-24(31)34)21(30)22(32)29-37(35,36)13-7-8-16(25)17(27)11-13;1-30-19-7-6-12(25)8-17(19)20(31-23(33)16-4-2-3-5-18(16)28-24(31)34)21(30)22(32)29-37(35,36)15-10-13(26)9-14(27)11-15;1-29-18-11-10-13(25)12-15(18)20(30-23(32)14-6-2-4-8-17(14)27-24(30)33)21(29)22(31)28-36(34,35)19-9-5-3-7-16(19)26/h2-11H,1H3,(H,31,37)(H,32,35);2*2-11H,1H3,(H,28,34)(H,29,32);2-12H,1H3,(H,27,33)(H,28,31). The number of H-pyrrole nitrogens is 4. The van der Waals surface area contributed by atoms with Crippen LogP contribution in [-0.2, 0) is 74.5 Å². The van der Waals surface area contributed by atoms with Gasteiger partial charge in [0.1, 0.15) is 55.8 Å². The zero-order chi connectivity index (χ0) is 108. The monoisotopic (exact) mass is 2330 g/mol. The van der Waals surface area contributed by atoms with Crippen LogP contribution in [0.25, 0.3) is 110 Å². The van der Waals surface area contributed by atoms with Gasteiger partial charge in [0.05, 0.1) is 108 Å². The Morgan fingerprint density at radius 2 is 0.587 bits per heavy atom. The van der Waals surface area contributed by atoms with E-state index in [1.165, 1.54) is 150 Å². The molecule has 0 unspecified atom stereocenters. The van der Waals surface area contributed by atoms with Crippen molar-refractivity contribution in [3.8, 4) is 22.7 Å². The maximum atomic E-state index is 14.2. The molecule has 8 heterocycles. The van der Waals surface area contributed by atoms with Gasteiger partial charge in [-0.25, -0.2) is 108 Å². The molecule has 0 bridgehead atoms. The number of benzene rings is 12. The predicted molar refractivity (Wildman–Crippen MR) is 551 cm³/mol. The van der Waals surface area contributed by atoms with Crippen molar-refractivity contribution in [2.45, 2.75) is 25.8 Å². The number of amides is 4. The molecule has 764 valence electrons. The van der Waals surface area contributed by atoms with E-state index in [2.05, 4.69) is 51.8 Å². The van der Waals surface area contributed by atoms with E-state index in [4.69, 9.17) is 46.4 Å². The highest BCUT2D eigenvalue weighted by atomic mass is 79.9. The van der Waals surface area contributed by atoms with Crippen LogP contribution in [0.3, 0.4) is 0 Å². The largest absolute Gasteiger partial charge is 0.416 e. The molecule has 36 nitrogen and oxygen atoms in total. The quantitative estimate of drug-likeness (QED) is 0.0416. The lowest BCUT2D eigenvalue weighted by atomic mass is 10.2. The van der Waals surface area contributed by atoms with Crippen molar-refractivity contribution in [3.05, 3.63) is 413 Å². The molecule has 4 amide bonds. The van der Waals surface area contributed by atoms with E-state index >= 15 is 0 Å². The van der Waals surface area contributed by atoms with Gasteiger partial charge in [-0.2, -0.15) is 13.2 Å². The van der Waals surface area contributed by atoms with E-state index in [-0.39, 0.29) is 130 Å². The number of alkyl halides is 3. The summed E-state index contributed by atoms with van der Waals surface area (Å²) >= 11 is 30.5. The Bertz CT molecular complexity index is 10300. The first-order chi connectivity index (χ1) is 70.8. The molecule has 0 saturated heterocycles. The fraction of sp³-hybridized carbons (Fsp3) is 0.0515. The summed E-state index contributed by atoms with van der Waals surface area (Å²) in [6.45, 7) is 0. The minimum absolute atomic E-state index is 0.0422. The van der Waals surface area contributed by atoms with Crippen molar-refractivity contribution in [1.82, 2.24) is 75.4 Å². The first-order valence-corrected chi connectivity index (χ1v) is 51.7. The van der Waals surface area contributed by atoms with Gasteiger partial charge < -0.3 is 38.2 Å². The summed E-state index contributed by atoms with van der Waals surface area (Å²) in [6.07, 6.45) is -4.73. The zero-order valence-corrected chi connectivity index (χ0v) is 85.4. The Labute approximate surface area is 870 Å². The van der Waals surface area contributed by atoms with Crippen LogP contribution in [0.5, 0.6) is 0 Å². The molecule has 0 fully saturated rings. The minimum Gasteiger partial charge on any atom is -0.338 e. The number of sulfonamides is 4. The van der Waals surface area contributed by atoms with Crippen molar-refractivity contribution >= 4 is 229 Å². The molecule has 20 rings (SSSR count). The van der Waals surface area contributed by atoms with Gasteiger partial charge >= 0.3 is 28.9 Å². The molecule has 0 aliphatic carbocycles. The van der Waals surface area contributed by atoms with Crippen LogP contribution < -0.4 is 63.9 Å². The molecule has 20 aromatic rings. The van der Waals surface area contributed by atoms with Gasteiger partial charge in [-0.1, -0.05) is 107 Å². The number of aromatic amines is 4. The molecule has 12 aromatic carbocycles. The molecule has 0 spiro atoms. The SMILES string of the molecule is Cn1c(C(=O)NS(=O)(=O)c2cc(F)cc(F)c2)c(-n2c(=O)[nH]c3ccccc3c2=O)c2cc(Cl)ccc21.Cn1c(C(=O)NS(=O)(=O)c2ccc(Br)c(F)c2)c(-n2c(=O)[nH]c3ccccc3c2=O)c2cc(Cl)ccc21.Cn1c(C(=O)NS(=O)(=O)c2ccc(C(F)(F)F)cc2Br)c(-n2c(=O)[nH]c3ccccc3c2=O)c2cc(Cl)ccc21.Cn1c(C(=O)NS(=O)(=O)c2ccccc2F)c(-n2c(=O)[nH]c3ccccc3c2=O)c2cc(Cl)ccc21. The number of rotatable bonds is 16. The topological polar surface area (TPSA) is 492 Å². The maximum Gasteiger partial charge on any atom is 0.416 e. The van der Waals surface area contributed by atoms with E-state index in [1.807, 2.05) is 14.2 Å². The van der Waals surface area contributed by atoms with Crippen molar-refractivity contribution in [1.29, 1.82) is 0 Å². The Balaban J connectivity index is 0.000000136. The van der Waals surface area contributed by atoms with Crippen LogP contribution in [0.2, 0.25) is 20.1 Å². The lowest BCUT2D eigenvalue weighted by Crippen LogP contribution is -2.37. The number of nitrogens with zero attached hydrogens (tertiary/aromatic N) is 8. The van der Waals surface area contributed by atoms with Crippen LogP contribution in [-0.4, -0.2) is 114 Å². The average molecular weight is 2330 g/mol. The summed E-state index contributed by atoms with van der Waals surface area (Å²) in [5, 5.41) is 2.44. The first kappa shape index (κ1) is 105. The van der Waals surface area contributed by atoms with Gasteiger partial charge in [-0.05, 0) is 214 Å². The Hall–Kier alpha value is -16.1. The number of aromatic nitrogens is 12. The molecule has 0 radical (unpaired) electrons. The second-order valence-corrected chi connectivity index (χ2v) is 42.7. The molecule has 53 heteroatoms. The normalized spacial score (nSPS) is 11.9. The summed E-state index contributed by atoms with van der Waals surface area (Å²) in [4.78, 5) is 168. The van der Waals surface area contributed by atoms with Crippen LogP contribution in [0.1, 0.15) is 47.5 Å². The predicted octanol–water partition coefficient (Wildman–Crippen LogP) is 14.9. The van der Waals surface area contributed by atoms with Gasteiger partial charge in [0.2, 0.25) is 0 Å². The van der Waals surface area contributed by atoms with E-state index in [0.717, 1.165) is 33.4 Å². The minimum atomic E-state index is -4.76. The van der Waals surface area contributed by atoms with E-state index in [0.29, 0.717) is 67.6 Å². The number of carbonyl (C=O) groups is 4. The van der Waals surface area contributed by atoms with Gasteiger partial charge in [-0.15, -0.1) is 0 Å². The highest BCUT2D eigenvalue weighted by Crippen LogP contribution is 2.39. The van der Waals surface area contributed by atoms with E-state index < -0.39 is 173 Å². The zero-order valence-electron chi connectivity index (χ0n) is 76.0. The van der Waals surface area contributed by atoms with Gasteiger partial charge in [0.15, 0.2) is 0 Å². The van der Waals surface area contributed by atoms with Gasteiger partial charge in [0, 0.05) is 80.4 Å². The Morgan fingerprint density at radius 3 is 0.887 bits per heavy atom. The summed E-state index contributed by atoms with van der Waals surface area (Å²) in [6, 6.07) is 54.0. The van der Waals surface area contributed by atoms with Crippen LogP contribution in [0.4, 0.5) is 30.7 Å². The molecule has 0 atom stereocenters. The van der Waals surface area contributed by atoms with Crippen LogP contribution in [0, 0.1) is 23.3 Å². The highest BCUT2D eigenvalue weighted by molar-refractivity contribution is 9.10. The van der Waals surface area contributed by atoms with Crippen molar-refractivity contribution in [2.24, 2.45) is 28.2 Å². The average Bonchev–Trinajstić information content (AvgIpc) is 1.58. The molecular weight excluding hydrogens is 2270 g/mol. The smallest absolute Gasteiger partial charge is 0.338 e. The fourth-order valence-corrected chi connectivity index (χ4v) is 22.7. The summed E-state index contributed by atoms with van der Waals surface area (Å²) in [5.41, 5.74) is -7.26. The second kappa shape index (κ2) is 40.2.